The van der Waals surface area contributed by atoms with Gasteiger partial charge in [0.15, 0.2) is 0 Å². The lowest BCUT2D eigenvalue weighted by Gasteiger charge is -2.32. The second-order valence-electron chi connectivity index (χ2n) is 7.89. The smallest absolute Gasteiger partial charge is 0.254 e. The monoisotopic (exact) mass is 397 g/mol. The van der Waals surface area contributed by atoms with E-state index < -0.39 is 0 Å². The van der Waals surface area contributed by atoms with E-state index in [4.69, 9.17) is 0 Å². The number of rotatable bonds is 5. The molecule has 2 aromatic heterocycles. The SMILES string of the molecule is CCc1cc(C(=O)N2CCC(CNC(=O)c3cnn4c3CCC4)CC2)cc(=O)[nH]1. The van der Waals surface area contributed by atoms with Gasteiger partial charge in [0, 0.05) is 43.5 Å². The first kappa shape index (κ1) is 19.4. The van der Waals surface area contributed by atoms with Crippen LogP contribution in [0.3, 0.4) is 0 Å². The Morgan fingerprint density at radius 2 is 2.03 bits per heavy atom. The van der Waals surface area contributed by atoms with Crippen molar-refractivity contribution in [1.82, 2.24) is 25.0 Å². The molecule has 1 saturated heterocycles. The van der Waals surface area contributed by atoms with Crippen molar-refractivity contribution in [3.05, 3.63) is 51.2 Å². The summed E-state index contributed by atoms with van der Waals surface area (Å²) >= 11 is 0. The third kappa shape index (κ3) is 4.11. The fourth-order valence-electron chi connectivity index (χ4n) is 4.22. The number of aryl methyl sites for hydroxylation is 2. The van der Waals surface area contributed by atoms with Crippen molar-refractivity contribution in [2.45, 2.75) is 45.6 Å². The zero-order valence-corrected chi connectivity index (χ0v) is 16.7. The van der Waals surface area contributed by atoms with Crippen LogP contribution >= 0.6 is 0 Å². The Labute approximate surface area is 169 Å². The number of aromatic nitrogens is 3. The number of nitrogens with one attached hydrogen (secondary N) is 2. The van der Waals surface area contributed by atoms with E-state index in [-0.39, 0.29) is 17.4 Å². The summed E-state index contributed by atoms with van der Waals surface area (Å²) in [6.07, 6.45) is 5.97. The molecule has 2 aromatic rings. The Bertz CT molecular complexity index is 969. The third-order valence-corrected chi connectivity index (χ3v) is 5.96. The summed E-state index contributed by atoms with van der Waals surface area (Å²) < 4.78 is 1.91. The van der Waals surface area contributed by atoms with E-state index in [0.29, 0.717) is 43.1 Å². The maximum Gasteiger partial charge on any atom is 0.254 e. The minimum Gasteiger partial charge on any atom is -0.352 e. The Morgan fingerprint density at radius 1 is 1.24 bits per heavy atom. The largest absolute Gasteiger partial charge is 0.352 e. The van der Waals surface area contributed by atoms with Gasteiger partial charge in [0.25, 0.3) is 11.8 Å². The minimum absolute atomic E-state index is 0.0535. The zero-order chi connectivity index (χ0) is 20.4. The van der Waals surface area contributed by atoms with E-state index in [1.54, 1.807) is 17.2 Å². The number of amides is 2. The normalized spacial score (nSPS) is 16.7. The summed E-state index contributed by atoms with van der Waals surface area (Å²) in [5, 5.41) is 7.32. The summed E-state index contributed by atoms with van der Waals surface area (Å²) in [7, 11) is 0. The highest BCUT2D eigenvalue weighted by molar-refractivity contribution is 5.95. The van der Waals surface area contributed by atoms with Gasteiger partial charge in [-0.05, 0) is 44.1 Å². The molecule has 0 radical (unpaired) electrons. The van der Waals surface area contributed by atoms with Crippen molar-refractivity contribution in [2.24, 2.45) is 5.92 Å². The number of fused-ring (bicyclic) bond motifs is 1. The molecule has 0 aliphatic carbocycles. The van der Waals surface area contributed by atoms with E-state index in [0.717, 1.165) is 43.6 Å². The van der Waals surface area contributed by atoms with Crippen molar-refractivity contribution in [3.8, 4) is 0 Å². The maximum atomic E-state index is 12.8. The van der Waals surface area contributed by atoms with Crippen LogP contribution < -0.4 is 10.9 Å². The molecule has 0 atom stereocenters. The summed E-state index contributed by atoms with van der Waals surface area (Å²) in [6, 6.07) is 3.14. The maximum absolute atomic E-state index is 12.8. The van der Waals surface area contributed by atoms with Gasteiger partial charge in [-0.15, -0.1) is 0 Å². The van der Waals surface area contributed by atoms with Gasteiger partial charge in [0.2, 0.25) is 5.56 Å². The number of H-pyrrole nitrogens is 1. The molecule has 8 nitrogen and oxygen atoms in total. The van der Waals surface area contributed by atoms with Crippen molar-refractivity contribution >= 4 is 11.8 Å². The molecule has 0 aromatic carbocycles. The Balaban J connectivity index is 1.29. The third-order valence-electron chi connectivity index (χ3n) is 5.96. The van der Waals surface area contributed by atoms with E-state index in [9.17, 15) is 14.4 Å². The molecule has 29 heavy (non-hydrogen) atoms. The van der Waals surface area contributed by atoms with Gasteiger partial charge < -0.3 is 15.2 Å². The number of hydrogen-bond donors (Lipinski definition) is 2. The second kappa shape index (κ2) is 8.23. The van der Waals surface area contributed by atoms with Gasteiger partial charge in [0.1, 0.15) is 0 Å². The molecule has 1 fully saturated rings. The van der Waals surface area contributed by atoms with Crippen molar-refractivity contribution in [2.75, 3.05) is 19.6 Å². The van der Waals surface area contributed by atoms with Crippen LogP contribution in [0.1, 0.15) is 58.3 Å². The van der Waals surface area contributed by atoms with E-state index >= 15 is 0 Å². The molecule has 0 spiro atoms. The van der Waals surface area contributed by atoms with Gasteiger partial charge in [-0.1, -0.05) is 6.92 Å². The number of likely N-dealkylation sites (tertiary alicyclic amines) is 1. The summed E-state index contributed by atoms with van der Waals surface area (Å²) in [5.41, 5.74) is 2.71. The molecule has 2 N–H and O–H groups in total. The lowest BCUT2D eigenvalue weighted by molar-refractivity contribution is 0.0684. The first-order valence-corrected chi connectivity index (χ1v) is 10.4. The van der Waals surface area contributed by atoms with Gasteiger partial charge in [0.05, 0.1) is 17.5 Å². The Hall–Kier alpha value is -2.90. The molecule has 2 aliphatic rings. The quantitative estimate of drug-likeness (QED) is 0.796. The first-order chi connectivity index (χ1) is 14.0. The number of nitrogens with zero attached hydrogens (tertiary/aromatic N) is 3. The molecular weight excluding hydrogens is 370 g/mol. The van der Waals surface area contributed by atoms with Crippen LogP contribution in [-0.2, 0) is 19.4 Å². The molecular formula is C21H27N5O3. The van der Waals surface area contributed by atoms with Gasteiger partial charge >= 0.3 is 0 Å². The fraction of sp³-hybridized carbons (Fsp3) is 0.524. The highest BCUT2D eigenvalue weighted by Crippen LogP contribution is 2.20. The zero-order valence-electron chi connectivity index (χ0n) is 16.7. The number of aromatic amines is 1. The van der Waals surface area contributed by atoms with Crippen LogP contribution in [0.15, 0.2) is 23.1 Å². The van der Waals surface area contributed by atoms with E-state index in [2.05, 4.69) is 15.4 Å². The van der Waals surface area contributed by atoms with E-state index in [1.807, 2.05) is 11.6 Å². The molecule has 0 saturated carbocycles. The molecule has 2 amide bonds. The lowest BCUT2D eigenvalue weighted by Crippen LogP contribution is -2.41. The van der Waals surface area contributed by atoms with Crippen LogP contribution in [0, 0.1) is 5.92 Å². The second-order valence-corrected chi connectivity index (χ2v) is 7.89. The van der Waals surface area contributed by atoms with Crippen LogP contribution in [0.4, 0.5) is 0 Å². The van der Waals surface area contributed by atoms with Gasteiger partial charge in [-0.3, -0.25) is 19.1 Å². The number of pyridine rings is 1. The highest BCUT2D eigenvalue weighted by atomic mass is 16.2. The Morgan fingerprint density at radius 3 is 2.79 bits per heavy atom. The molecule has 4 rings (SSSR count). The van der Waals surface area contributed by atoms with Crippen molar-refractivity contribution in [1.29, 1.82) is 0 Å². The van der Waals surface area contributed by atoms with Crippen LogP contribution in [-0.4, -0.2) is 51.1 Å². The average molecular weight is 397 g/mol. The molecule has 0 unspecified atom stereocenters. The van der Waals surface area contributed by atoms with Crippen molar-refractivity contribution in [3.63, 3.8) is 0 Å². The summed E-state index contributed by atoms with van der Waals surface area (Å²) in [4.78, 5) is 41.5. The van der Waals surface area contributed by atoms with Gasteiger partial charge in [-0.25, -0.2) is 0 Å². The standard InChI is InChI=1S/C21H27N5O3/c1-2-16-10-15(11-19(27)24-16)21(29)25-8-5-14(6-9-25)12-22-20(28)17-13-23-26-7-3-4-18(17)26/h10-11,13-14H,2-9,12H2,1H3,(H,22,28)(H,24,27). The summed E-state index contributed by atoms with van der Waals surface area (Å²) in [6.45, 7) is 4.71. The summed E-state index contributed by atoms with van der Waals surface area (Å²) in [5.74, 6) is 0.197. The number of piperidine rings is 1. The molecule has 154 valence electrons. The number of carbonyl (C=O) groups excluding carboxylic acids is 2. The molecule has 4 heterocycles. The average Bonchev–Trinajstić information content (AvgIpc) is 3.35. The number of hydrogen-bond acceptors (Lipinski definition) is 4. The predicted molar refractivity (Wildman–Crippen MR) is 108 cm³/mol. The fourth-order valence-corrected chi connectivity index (χ4v) is 4.22. The van der Waals surface area contributed by atoms with Crippen LogP contribution in [0.2, 0.25) is 0 Å². The Kier molecular flexibility index (Phi) is 5.51. The highest BCUT2D eigenvalue weighted by Gasteiger charge is 2.26. The van der Waals surface area contributed by atoms with Gasteiger partial charge in [-0.2, -0.15) is 5.10 Å². The molecule has 8 heteroatoms. The van der Waals surface area contributed by atoms with E-state index in [1.165, 1.54) is 6.07 Å². The minimum atomic E-state index is -0.239. The topological polar surface area (TPSA) is 100 Å². The van der Waals surface area contributed by atoms with Crippen LogP contribution in [0.5, 0.6) is 0 Å². The first-order valence-electron chi connectivity index (χ1n) is 10.4. The molecule has 0 bridgehead atoms. The lowest BCUT2D eigenvalue weighted by atomic mass is 9.96. The van der Waals surface area contributed by atoms with Crippen molar-refractivity contribution < 1.29 is 9.59 Å². The molecule has 2 aliphatic heterocycles. The van der Waals surface area contributed by atoms with Crippen LogP contribution in [0.25, 0.3) is 0 Å². The number of carbonyl (C=O) groups is 2. The predicted octanol–water partition coefficient (Wildman–Crippen LogP) is 1.36.